The Morgan fingerprint density at radius 1 is 1.17 bits per heavy atom. The molecule has 0 saturated heterocycles. The zero-order chi connectivity index (χ0) is 17.0. The van der Waals surface area contributed by atoms with Crippen molar-refractivity contribution in [2.24, 2.45) is 0 Å². The monoisotopic (exact) mass is 319 g/mol. The van der Waals surface area contributed by atoms with Gasteiger partial charge in [0.15, 0.2) is 0 Å². The Balaban J connectivity index is 2.68. The van der Waals surface area contributed by atoms with Gasteiger partial charge < -0.3 is 19.9 Å². The van der Waals surface area contributed by atoms with E-state index in [2.05, 4.69) is 6.07 Å². The molecule has 0 aliphatic rings. The molecule has 5 heteroatoms. The topological polar surface area (TPSA) is 82.7 Å². The van der Waals surface area contributed by atoms with Gasteiger partial charge in [0, 0.05) is 31.3 Å². The van der Waals surface area contributed by atoms with Gasteiger partial charge in [-0.05, 0) is 48.4 Å². The summed E-state index contributed by atoms with van der Waals surface area (Å²) in [6, 6.07) is 3.81. The van der Waals surface area contributed by atoms with Crippen LogP contribution in [0.25, 0.3) is 10.9 Å². The molecular weight excluding hydrogens is 294 g/mol. The maximum absolute atomic E-state index is 11.7. The first kappa shape index (κ1) is 17.5. The predicted octanol–water partition coefficient (Wildman–Crippen LogP) is 2.77. The summed E-state index contributed by atoms with van der Waals surface area (Å²) in [4.78, 5) is 11.7. The lowest BCUT2D eigenvalue weighted by atomic mass is 9.96. The van der Waals surface area contributed by atoms with Crippen LogP contribution in [0, 0.1) is 0 Å². The van der Waals surface area contributed by atoms with Crippen molar-refractivity contribution in [2.75, 3.05) is 13.2 Å². The number of aromatic carboxylic acids is 1. The minimum absolute atomic E-state index is 0.0676. The van der Waals surface area contributed by atoms with Crippen molar-refractivity contribution in [2.45, 2.75) is 45.6 Å². The Kier molecular flexibility index (Phi) is 5.80. The Morgan fingerprint density at radius 3 is 2.43 bits per heavy atom. The lowest BCUT2D eigenvalue weighted by Gasteiger charge is -2.11. The standard InChI is InChI=1S/C18H25NO4/c1-12(2)14-9-15-13(5-3-7-20)11-19(6-4-8-21)17(15)16(10-14)18(22)23/h9-12,20-21H,3-8H2,1-2H3,(H,22,23). The van der Waals surface area contributed by atoms with Crippen molar-refractivity contribution in [3.8, 4) is 0 Å². The maximum atomic E-state index is 11.7. The highest BCUT2D eigenvalue weighted by Gasteiger charge is 2.18. The van der Waals surface area contributed by atoms with Crippen molar-refractivity contribution >= 4 is 16.9 Å². The second-order valence-electron chi connectivity index (χ2n) is 6.18. The van der Waals surface area contributed by atoms with E-state index in [0.717, 1.165) is 16.5 Å². The summed E-state index contributed by atoms with van der Waals surface area (Å²) < 4.78 is 1.92. The third-order valence-electron chi connectivity index (χ3n) is 4.14. The van der Waals surface area contributed by atoms with Gasteiger partial charge in [-0.15, -0.1) is 0 Å². The summed E-state index contributed by atoms with van der Waals surface area (Å²) in [6.07, 6.45) is 3.90. The molecule has 0 amide bonds. The minimum Gasteiger partial charge on any atom is -0.478 e. The highest BCUT2D eigenvalue weighted by molar-refractivity contribution is 6.04. The molecule has 1 heterocycles. The molecule has 0 atom stereocenters. The summed E-state index contributed by atoms with van der Waals surface area (Å²) in [5.74, 6) is -0.696. The van der Waals surface area contributed by atoms with E-state index < -0.39 is 5.97 Å². The number of carboxylic acids is 1. The number of aromatic nitrogens is 1. The molecule has 1 aromatic heterocycles. The van der Waals surface area contributed by atoms with E-state index in [9.17, 15) is 9.90 Å². The van der Waals surface area contributed by atoms with Crippen LogP contribution >= 0.6 is 0 Å². The number of carbonyl (C=O) groups is 1. The van der Waals surface area contributed by atoms with Crippen LogP contribution in [0.2, 0.25) is 0 Å². The molecule has 0 saturated carbocycles. The van der Waals surface area contributed by atoms with Crippen molar-refractivity contribution in [3.63, 3.8) is 0 Å². The van der Waals surface area contributed by atoms with Crippen molar-refractivity contribution in [1.82, 2.24) is 4.57 Å². The average Bonchev–Trinajstić information content (AvgIpc) is 2.87. The second kappa shape index (κ2) is 7.62. The van der Waals surface area contributed by atoms with E-state index in [-0.39, 0.29) is 19.1 Å². The Hall–Kier alpha value is -1.85. The molecule has 2 rings (SSSR count). The van der Waals surface area contributed by atoms with E-state index in [4.69, 9.17) is 10.2 Å². The van der Waals surface area contributed by atoms with Crippen LogP contribution in [0.15, 0.2) is 18.3 Å². The van der Waals surface area contributed by atoms with Crippen LogP contribution in [0.1, 0.15) is 54.1 Å². The third kappa shape index (κ3) is 3.74. The number of carboxylic acid groups (broad SMARTS) is 1. The van der Waals surface area contributed by atoms with Gasteiger partial charge >= 0.3 is 5.97 Å². The summed E-state index contributed by atoms with van der Waals surface area (Å²) in [7, 11) is 0. The smallest absolute Gasteiger partial charge is 0.337 e. The van der Waals surface area contributed by atoms with Crippen LogP contribution in [0.3, 0.4) is 0 Å². The summed E-state index contributed by atoms with van der Waals surface area (Å²) >= 11 is 0. The van der Waals surface area contributed by atoms with Gasteiger partial charge in [-0.1, -0.05) is 13.8 Å². The van der Waals surface area contributed by atoms with Crippen LogP contribution in [-0.2, 0) is 13.0 Å². The number of hydrogen-bond acceptors (Lipinski definition) is 3. The SMILES string of the molecule is CC(C)c1cc(C(=O)O)c2c(c1)c(CCCO)cn2CCCO. The van der Waals surface area contributed by atoms with Crippen LogP contribution in [-0.4, -0.2) is 39.1 Å². The van der Waals surface area contributed by atoms with Gasteiger partial charge in [-0.2, -0.15) is 0 Å². The fraction of sp³-hybridized carbons (Fsp3) is 0.500. The van der Waals surface area contributed by atoms with Crippen molar-refractivity contribution < 1.29 is 20.1 Å². The van der Waals surface area contributed by atoms with E-state index in [1.807, 2.05) is 24.6 Å². The molecule has 5 nitrogen and oxygen atoms in total. The number of aliphatic hydroxyl groups excluding tert-OH is 2. The molecule has 0 aliphatic carbocycles. The average molecular weight is 319 g/mol. The van der Waals surface area contributed by atoms with E-state index >= 15 is 0 Å². The molecule has 3 N–H and O–H groups in total. The van der Waals surface area contributed by atoms with Crippen molar-refractivity contribution in [1.29, 1.82) is 0 Å². The molecule has 23 heavy (non-hydrogen) atoms. The number of aryl methyl sites for hydroxylation is 2. The lowest BCUT2D eigenvalue weighted by Crippen LogP contribution is -2.05. The van der Waals surface area contributed by atoms with Crippen LogP contribution < -0.4 is 0 Å². The number of nitrogens with zero attached hydrogens (tertiary/aromatic N) is 1. The fourth-order valence-electron chi connectivity index (χ4n) is 2.92. The molecule has 0 radical (unpaired) electrons. The number of hydrogen-bond donors (Lipinski definition) is 3. The molecule has 0 spiro atoms. The molecule has 0 bridgehead atoms. The summed E-state index contributed by atoms with van der Waals surface area (Å²) in [6.45, 7) is 4.84. The predicted molar refractivity (Wildman–Crippen MR) is 90.1 cm³/mol. The lowest BCUT2D eigenvalue weighted by molar-refractivity contribution is 0.0698. The molecule has 0 fully saturated rings. The van der Waals surface area contributed by atoms with E-state index in [1.54, 1.807) is 6.07 Å². The van der Waals surface area contributed by atoms with Gasteiger partial charge in [0.2, 0.25) is 0 Å². The molecule has 0 aliphatic heterocycles. The van der Waals surface area contributed by atoms with Gasteiger partial charge in [0.25, 0.3) is 0 Å². The highest BCUT2D eigenvalue weighted by atomic mass is 16.4. The second-order valence-corrected chi connectivity index (χ2v) is 6.18. The molecule has 0 unspecified atom stereocenters. The molecule has 126 valence electrons. The quantitative estimate of drug-likeness (QED) is 0.699. The number of aliphatic hydroxyl groups is 2. The fourth-order valence-corrected chi connectivity index (χ4v) is 2.92. The number of benzene rings is 1. The molecule has 2 aromatic rings. The summed E-state index contributed by atoms with van der Waals surface area (Å²) in [5, 5.41) is 28.7. The highest BCUT2D eigenvalue weighted by Crippen LogP contribution is 2.30. The van der Waals surface area contributed by atoms with E-state index in [0.29, 0.717) is 36.9 Å². The molecule has 1 aromatic carbocycles. The first-order valence-corrected chi connectivity index (χ1v) is 8.10. The Morgan fingerprint density at radius 2 is 1.87 bits per heavy atom. The largest absolute Gasteiger partial charge is 0.478 e. The summed E-state index contributed by atoms with van der Waals surface area (Å²) in [5.41, 5.74) is 3.07. The normalized spacial score (nSPS) is 11.5. The van der Waals surface area contributed by atoms with Gasteiger partial charge in [-0.3, -0.25) is 0 Å². The van der Waals surface area contributed by atoms with Gasteiger partial charge in [-0.25, -0.2) is 4.79 Å². The zero-order valence-corrected chi connectivity index (χ0v) is 13.7. The maximum Gasteiger partial charge on any atom is 0.337 e. The Bertz CT molecular complexity index is 688. The van der Waals surface area contributed by atoms with Crippen LogP contribution in [0.5, 0.6) is 0 Å². The minimum atomic E-state index is -0.936. The molecular formula is C18H25NO4. The number of fused-ring (bicyclic) bond motifs is 1. The van der Waals surface area contributed by atoms with Crippen LogP contribution in [0.4, 0.5) is 0 Å². The van der Waals surface area contributed by atoms with Gasteiger partial charge in [0.1, 0.15) is 0 Å². The first-order chi connectivity index (χ1) is 11.0. The first-order valence-electron chi connectivity index (χ1n) is 8.10. The Labute approximate surface area is 136 Å². The zero-order valence-electron chi connectivity index (χ0n) is 13.7. The van der Waals surface area contributed by atoms with E-state index in [1.165, 1.54) is 0 Å². The van der Waals surface area contributed by atoms with Crippen molar-refractivity contribution in [3.05, 3.63) is 35.0 Å². The number of rotatable bonds is 8. The third-order valence-corrected chi connectivity index (χ3v) is 4.14. The van der Waals surface area contributed by atoms with Gasteiger partial charge in [0.05, 0.1) is 11.1 Å².